The Bertz CT molecular complexity index is 9680. The molecule has 129 heavy (non-hydrogen) atoms. The molecule has 0 spiro atoms. The van der Waals surface area contributed by atoms with Crippen LogP contribution >= 0.6 is 0 Å². The molecule has 0 amide bonds. The second kappa shape index (κ2) is 26.8. The number of imidazole rings is 6. The van der Waals surface area contributed by atoms with Gasteiger partial charge in [-0.3, -0.25) is 26.9 Å². The first-order valence-corrected chi connectivity index (χ1v) is 43.7. The zero-order valence-corrected chi connectivity index (χ0v) is 70.0. The van der Waals surface area contributed by atoms with E-state index < -0.39 is 0 Å². The number of aryl methyl sites for hydroxylation is 3. The Balaban J connectivity index is 0.0000000976. The first kappa shape index (κ1) is 71.0. The van der Waals surface area contributed by atoms with E-state index in [2.05, 4.69) is 437 Å². The highest BCUT2D eigenvalue weighted by Crippen LogP contribution is 2.45. The maximum atomic E-state index is 6.39. The summed E-state index contributed by atoms with van der Waals surface area (Å²) in [4.78, 5) is 15.6. The van der Waals surface area contributed by atoms with Crippen molar-refractivity contribution in [2.24, 2.45) is 0 Å². The summed E-state index contributed by atoms with van der Waals surface area (Å²) in [7, 11) is 0. The molecule has 15 heteroatoms. The summed E-state index contributed by atoms with van der Waals surface area (Å²) in [5.41, 5.74) is 35.5. The Morgan fingerprint density at radius 3 is 1.05 bits per heavy atom. The molecule has 0 aliphatic carbocycles. The predicted molar refractivity (Wildman–Crippen MR) is 528 cm³/mol. The van der Waals surface area contributed by atoms with Crippen LogP contribution in [0.4, 0.5) is 0 Å². The Labute approximate surface area is 732 Å². The molecular weight excluding hydrogens is 1590 g/mol. The van der Waals surface area contributed by atoms with E-state index in [1.165, 1.54) is 71.0 Å². The number of nitrogens with zero attached hydrogens (tertiary/aromatic N) is 12. The van der Waals surface area contributed by atoms with E-state index >= 15 is 0 Å². The Hall–Kier alpha value is -17.4. The van der Waals surface area contributed by atoms with Crippen LogP contribution in [0.15, 0.2) is 395 Å². The molecule has 12 heterocycles. The molecule has 0 saturated heterocycles. The molecule has 0 radical (unpaired) electrons. The zero-order chi connectivity index (χ0) is 84.7. The summed E-state index contributed by atoms with van der Waals surface area (Å²) in [5, 5.41) is 14.1. The maximum absolute atomic E-state index is 6.39. The van der Waals surface area contributed by atoms with Gasteiger partial charge in [-0.05, 0) is 227 Å². The van der Waals surface area contributed by atoms with Gasteiger partial charge in [0.15, 0.2) is 0 Å². The van der Waals surface area contributed by atoms with Crippen LogP contribution in [-0.4, -0.2) is 55.6 Å². The van der Waals surface area contributed by atoms with Crippen LogP contribution in [0, 0.1) is 20.8 Å². The lowest BCUT2D eigenvalue weighted by Crippen LogP contribution is -1.96. The number of hydrogen-bond acceptors (Lipinski definition) is 6. The summed E-state index contributed by atoms with van der Waals surface area (Å²) in [6.07, 6.45) is 0. The third kappa shape index (κ3) is 10.2. The fourth-order valence-electron chi connectivity index (χ4n) is 21.2. The van der Waals surface area contributed by atoms with Crippen LogP contribution in [0.25, 0.3) is 249 Å². The van der Waals surface area contributed by atoms with Gasteiger partial charge in [-0.1, -0.05) is 193 Å². The average molecular weight is 1660 g/mol. The lowest BCUT2D eigenvalue weighted by atomic mass is 10.1. The highest BCUT2D eigenvalue weighted by atomic mass is 16.3. The van der Waals surface area contributed by atoms with Gasteiger partial charge in [0.2, 0.25) is 17.3 Å². The van der Waals surface area contributed by atoms with Crippen molar-refractivity contribution in [3.8, 4) is 34.1 Å². The molecule has 0 aliphatic heterocycles. The number of furan rings is 3. The number of rotatable bonds is 6. The lowest BCUT2D eigenvalue weighted by Gasteiger charge is -2.09. The third-order valence-corrected chi connectivity index (χ3v) is 26.7. The van der Waals surface area contributed by atoms with Gasteiger partial charge in [-0.25, -0.2) is 15.0 Å². The van der Waals surface area contributed by atoms with Crippen molar-refractivity contribution < 1.29 is 13.3 Å². The molecule has 0 unspecified atom stereocenters. The van der Waals surface area contributed by atoms with Gasteiger partial charge in [-0.2, -0.15) is 0 Å². The summed E-state index contributed by atoms with van der Waals surface area (Å²) < 4.78 is 39.7. The molecule has 12 aromatic heterocycles. The average Bonchev–Trinajstić information content (AvgIpc) is 1.54. The largest absolute Gasteiger partial charge is 0.456 e. The third-order valence-electron chi connectivity index (χ3n) is 26.7. The van der Waals surface area contributed by atoms with E-state index in [1.807, 2.05) is 6.07 Å². The van der Waals surface area contributed by atoms with Crippen molar-refractivity contribution in [1.82, 2.24) is 55.6 Å². The summed E-state index contributed by atoms with van der Waals surface area (Å²) >= 11 is 0. The van der Waals surface area contributed by atoms with Crippen molar-refractivity contribution in [3.05, 3.63) is 399 Å². The molecule has 0 atom stereocenters. The van der Waals surface area contributed by atoms with Crippen molar-refractivity contribution in [3.63, 3.8) is 0 Å². The van der Waals surface area contributed by atoms with Gasteiger partial charge in [-0.15, -0.1) is 0 Å². The van der Waals surface area contributed by atoms with Crippen LogP contribution in [0.2, 0.25) is 0 Å². The van der Waals surface area contributed by atoms with Crippen molar-refractivity contribution in [2.75, 3.05) is 0 Å². The lowest BCUT2D eigenvalue weighted by molar-refractivity contribution is 0.665. The molecular formula is C114H72N12O3. The second-order valence-corrected chi connectivity index (χ2v) is 34.1. The molecule has 0 saturated carbocycles. The Morgan fingerprint density at radius 1 is 0.194 bits per heavy atom. The van der Waals surface area contributed by atoms with Crippen LogP contribution in [0.3, 0.4) is 0 Å². The molecule has 30 rings (SSSR count). The summed E-state index contributed by atoms with van der Waals surface area (Å²) in [6.45, 7) is 6.35. The first-order valence-electron chi connectivity index (χ1n) is 43.7. The topological polar surface area (TPSA) is 121 Å². The number of benzene rings is 18. The SMILES string of the molecule is Cc1ccc2oc3ccc(-n4c5ccccc5c5cc(-n6c7ccccc7n7c8ccccc8nc67)ccc54)cc3c2c1.Cc1ccc2oc3cccc(-n4c5ccccc5n5c6cc(-n7c8ccccc8c8ccccc87)ccc6nc45)c3c2c1.Cc1cccc2c1oc1cccc(-n3c4ccccc4n4c5cc(-n6c7ccccc7c7ccccc76)ccc5nc34)c12. The van der Waals surface area contributed by atoms with Crippen molar-refractivity contribution in [2.45, 2.75) is 20.8 Å². The van der Waals surface area contributed by atoms with E-state index in [9.17, 15) is 0 Å². The molecule has 0 N–H and O–H groups in total. The summed E-state index contributed by atoms with van der Waals surface area (Å²) in [6, 6.07) is 136. The normalized spacial score (nSPS) is 12.3. The molecule has 606 valence electrons. The van der Waals surface area contributed by atoms with Crippen molar-refractivity contribution in [1.29, 1.82) is 0 Å². The Morgan fingerprint density at radius 2 is 0.527 bits per heavy atom. The summed E-state index contributed by atoms with van der Waals surface area (Å²) in [5.74, 6) is 2.67. The number of para-hydroxylation sites is 14. The minimum absolute atomic E-state index is 0.874. The van der Waals surface area contributed by atoms with E-state index in [-0.39, 0.29) is 0 Å². The predicted octanol–water partition coefficient (Wildman–Crippen LogP) is 29.2. The monoisotopic (exact) mass is 1660 g/mol. The van der Waals surface area contributed by atoms with E-state index in [4.69, 9.17) is 28.2 Å². The molecule has 0 fully saturated rings. The number of fused-ring (bicyclic) bond motifs is 33. The van der Waals surface area contributed by atoms with Gasteiger partial charge in [0.05, 0.1) is 121 Å². The van der Waals surface area contributed by atoms with Gasteiger partial charge < -0.3 is 27.0 Å². The molecule has 0 aliphatic rings. The van der Waals surface area contributed by atoms with Crippen LogP contribution in [-0.2, 0) is 0 Å². The molecule has 0 bridgehead atoms. The smallest absolute Gasteiger partial charge is 0.220 e. The van der Waals surface area contributed by atoms with Crippen molar-refractivity contribution >= 4 is 215 Å². The minimum Gasteiger partial charge on any atom is -0.456 e. The second-order valence-electron chi connectivity index (χ2n) is 34.1. The zero-order valence-electron chi connectivity index (χ0n) is 70.0. The molecule has 18 aromatic carbocycles. The first-order chi connectivity index (χ1) is 63.7. The van der Waals surface area contributed by atoms with E-state index in [0.29, 0.717) is 0 Å². The van der Waals surface area contributed by atoms with Gasteiger partial charge in [0, 0.05) is 76.6 Å². The molecule has 15 nitrogen and oxygen atoms in total. The van der Waals surface area contributed by atoms with Crippen LogP contribution in [0.1, 0.15) is 16.7 Å². The van der Waals surface area contributed by atoms with Gasteiger partial charge >= 0.3 is 0 Å². The van der Waals surface area contributed by atoms with E-state index in [0.717, 1.165) is 195 Å². The standard InChI is InChI=1S/3C38H24N4O/c1-23-10-8-13-27-36-33(18-9-19-35(36)43-37(23)27)41-31-16-6-7-17-32(31)42-34-22-24(20-21-28(34)39-38(41)42)40-29-14-4-2-11-25(29)26-12-3-5-15-30(26)40;1-23-17-20-35-27(21-23)37-33(15-8-16-36(37)43-35)41-31-13-6-7-14-32(31)42-34-22-24(18-19-28(34)39-38(41)42)40-29-11-4-2-9-25(29)26-10-3-5-12-30(26)40;1-23-14-18-36-28(20-23)29-22-24(16-19-37(29)43-36)40-31-10-4-2-8-26(31)27-21-25(15-17-32(27)40)41-34-12-6-7-13-35(34)42-33-11-5-3-9-30(33)39-38(41)42/h3*2-22H,1H3. The quantitative estimate of drug-likeness (QED) is 0.163. The van der Waals surface area contributed by atoms with E-state index in [1.54, 1.807) is 0 Å². The highest BCUT2D eigenvalue weighted by Gasteiger charge is 2.27. The Kier molecular flexibility index (Phi) is 14.8. The minimum atomic E-state index is 0.874. The van der Waals surface area contributed by atoms with Crippen LogP contribution < -0.4 is 0 Å². The maximum Gasteiger partial charge on any atom is 0.220 e. The number of aromatic nitrogens is 12. The fraction of sp³-hybridized carbons (Fsp3) is 0.0263. The fourth-order valence-corrected chi connectivity index (χ4v) is 21.2. The highest BCUT2D eigenvalue weighted by molar-refractivity contribution is 6.16. The van der Waals surface area contributed by atoms with Gasteiger partial charge in [0.1, 0.15) is 33.5 Å². The van der Waals surface area contributed by atoms with Crippen LogP contribution in [0.5, 0.6) is 0 Å². The molecule has 30 aromatic rings. The number of hydrogen-bond donors (Lipinski definition) is 0. The van der Waals surface area contributed by atoms with Gasteiger partial charge in [0.25, 0.3) is 0 Å².